The number of likely N-dealkylation sites (tertiary alicyclic amines) is 1. The van der Waals surface area contributed by atoms with Crippen LogP contribution in [0.4, 0.5) is 0 Å². The summed E-state index contributed by atoms with van der Waals surface area (Å²) in [5.74, 6) is 0.866. The first kappa shape index (κ1) is 19.7. The highest BCUT2D eigenvalue weighted by atomic mass is 16.5. The average Bonchev–Trinajstić information content (AvgIpc) is 2.92. The number of amides is 1. The first-order valence-corrected chi connectivity index (χ1v) is 9.19. The van der Waals surface area contributed by atoms with E-state index in [-0.39, 0.29) is 18.1 Å². The molecular weight excluding hydrogens is 316 g/mol. The number of ether oxygens (including phenoxy) is 2. The minimum absolute atomic E-state index is 0.00600. The molecule has 2 atom stereocenters. The lowest BCUT2D eigenvalue weighted by Crippen LogP contribution is -2.50. The number of aryl methyl sites for hydroxylation is 1. The minimum atomic E-state index is -0.612. The second-order valence-electron chi connectivity index (χ2n) is 7.43. The Morgan fingerprint density at radius 2 is 2.00 bits per heavy atom. The smallest absolute Gasteiger partial charge is 0.229 e. The lowest BCUT2D eigenvalue weighted by Gasteiger charge is -2.28. The Kier molecular flexibility index (Phi) is 6.85. The number of hydrogen-bond donors (Lipinski definition) is 1. The Hall–Kier alpha value is -1.59. The van der Waals surface area contributed by atoms with Gasteiger partial charge in [-0.3, -0.25) is 4.79 Å². The van der Waals surface area contributed by atoms with Gasteiger partial charge >= 0.3 is 0 Å². The molecule has 5 heteroatoms. The summed E-state index contributed by atoms with van der Waals surface area (Å²) in [6.07, 6.45) is 0.962. The van der Waals surface area contributed by atoms with Crippen LogP contribution in [0.2, 0.25) is 0 Å². The van der Waals surface area contributed by atoms with E-state index in [1.165, 1.54) is 0 Å². The lowest BCUT2D eigenvalue weighted by molar-refractivity contribution is -0.132. The Bertz CT molecular complexity index is 574. The van der Waals surface area contributed by atoms with Crippen molar-refractivity contribution >= 4 is 5.91 Å². The molecule has 140 valence electrons. The van der Waals surface area contributed by atoms with Crippen molar-refractivity contribution in [2.24, 2.45) is 5.41 Å². The third-order valence-electron chi connectivity index (χ3n) is 4.70. The summed E-state index contributed by atoms with van der Waals surface area (Å²) >= 11 is 0. The quantitative estimate of drug-likeness (QED) is 0.784. The van der Waals surface area contributed by atoms with Crippen LogP contribution < -0.4 is 10.1 Å². The Labute approximate surface area is 151 Å². The zero-order valence-electron chi connectivity index (χ0n) is 16.2. The van der Waals surface area contributed by atoms with Crippen LogP contribution in [-0.2, 0) is 16.0 Å². The molecule has 1 N–H and O–H groups in total. The molecule has 0 radical (unpaired) electrons. The number of para-hydroxylation sites is 1. The summed E-state index contributed by atoms with van der Waals surface area (Å²) in [6, 6.07) is 8.02. The standard InChI is InChI=1S/C20H32N2O3/c1-6-15-10-8-9-11-17(15)25-14-20(3,4)19(23)21-16-12-22(5)13-18(16)24-7-2/h8-11,16,18H,6-7,12-14H2,1-5H3,(H,21,23)/t16-,18-/m0/s1. The molecule has 0 aliphatic carbocycles. The lowest BCUT2D eigenvalue weighted by atomic mass is 9.93. The van der Waals surface area contributed by atoms with Crippen molar-refractivity contribution in [1.29, 1.82) is 0 Å². The molecule has 1 amide bonds. The Balaban J connectivity index is 1.95. The Morgan fingerprint density at radius 1 is 1.28 bits per heavy atom. The van der Waals surface area contributed by atoms with E-state index in [0.717, 1.165) is 30.8 Å². The van der Waals surface area contributed by atoms with Crippen LogP contribution in [0.15, 0.2) is 24.3 Å². The molecule has 25 heavy (non-hydrogen) atoms. The molecule has 0 bridgehead atoms. The largest absolute Gasteiger partial charge is 0.492 e. The van der Waals surface area contributed by atoms with Gasteiger partial charge < -0.3 is 19.7 Å². The van der Waals surface area contributed by atoms with Crippen LogP contribution in [0.25, 0.3) is 0 Å². The Morgan fingerprint density at radius 3 is 2.68 bits per heavy atom. The molecule has 1 fully saturated rings. The van der Waals surface area contributed by atoms with Gasteiger partial charge in [-0.05, 0) is 45.9 Å². The molecule has 0 aromatic heterocycles. The van der Waals surface area contributed by atoms with Gasteiger partial charge in [-0.15, -0.1) is 0 Å². The summed E-state index contributed by atoms with van der Waals surface area (Å²) in [7, 11) is 2.05. The second-order valence-corrected chi connectivity index (χ2v) is 7.43. The highest BCUT2D eigenvalue weighted by Crippen LogP contribution is 2.23. The molecule has 1 aliphatic rings. The zero-order chi connectivity index (χ0) is 18.4. The number of benzene rings is 1. The fourth-order valence-electron chi connectivity index (χ4n) is 3.11. The summed E-state index contributed by atoms with van der Waals surface area (Å²) < 4.78 is 11.7. The number of likely N-dealkylation sites (N-methyl/N-ethyl adjacent to an activating group) is 1. The number of carbonyl (C=O) groups excluding carboxylic acids is 1. The van der Waals surface area contributed by atoms with E-state index in [1.807, 2.05) is 46.0 Å². The molecule has 1 saturated heterocycles. The van der Waals surface area contributed by atoms with Crippen LogP contribution in [0.5, 0.6) is 5.75 Å². The normalized spacial score (nSPS) is 21.3. The molecule has 1 aromatic rings. The summed E-state index contributed by atoms with van der Waals surface area (Å²) in [5.41, 5.74) is 0.547. The third kappa shape index (κ3) is 5.19. The van der Waals surface area contributed by atoms with Crippen LogP contribution in [-0.4, -0.2) is 56.3 Å². The molecule has 1 aliphatic heterocycles. The SMILES string of the molecule is CCO[C@H]1CN(C)C[C@@H]1NC(=O)C(C)(C)COc1ccccc1CC. The summed E-state index contributed by atoms with van der Waals surface area (Å²) in [6.45, 7) is 10.6. The fourth-order valence-corrected chi connectivity index (χ4v) is 3.11. The molecule has 0 saturated carbocycles. The van der Waals surface area contributed by atoms with Gasteiger partial charge in [0.25, 0.3) is 0 Å². The average molecular weight is 348 g/mol. The molecule has 0 spiro atoms. The molecule has 2 rings (SSSR count). The number of nitrogens with one attached hydrogen (secondary N) is 1. The highest BCUT2D eigenvalue weighted by molar-refractivity contribution is 5.82. The van der Waals surface area contributed by atoms with E-state index in [4.69, 9.17) is 9.47 Å². The summed E-state index contributed by atoms with van der Waals surface area (Å²) in [4.78, 5) is 15.0. The molecule has 1 heterocycles. The fraction of sp³-hybridized carbons (Fsp3) is 0.650. The maximum atomic E-state index is 12.8. The maximum Gasteiger partial charge on any atom is 0.229 e. The van der Waals surface area contributed by atoms with Crippen LogP contribution in [0.3, 0.4) is 0 Å². The van der Waals surface area contributed by atoms with Gasteiger partial charge in [-0.2, -0.15) is 0 Å². The van der Waals surface area contributed by atoms with Crippen molar-refractivity contribution < 1.29 is 14.3 Å². The zero-order valence-corrected chi connectivity index (χ0v) is 16.2. The minimum Gasteiger partial charge on any atom is -0.492 e. The van der Waals surface area contributed by atoms with Crippen LogP contribution in [0, 0.1) is 5.41 Å². The molecule has 5 nitrogen and oxygen atoms in total. The third-order valence-corrected chi connectivity index (χ3v) is 4.70. The number of carbonyl (C=O) groups is 1. The van der Waals surface area contributed by atoms with Gasteiger partial charge in [-0.25, -0.2) is 0 Å². The van der Waals surface area contributed by atoms with Crippen molar-refractivity contribution in [2.45, 2.75) is 46.3 Å². The van der Waals surface area contributed by atoms with Crippen molar-refractivity contribution in [3.8, 4) is 5.75 Å². The van der Waals surface area contributed by atoms with E-state index in [2.05, 4.69) is 23.2 Å². The van der Waals surface area contributed by atoms with Crippen molar-refractivity contribution in [2.75, 3.05) is 33.4 Å². The number of rotatable bonds is 8. The van der Waals surface area contributed by atoms with Crippen molar-refractivity contribution in [1.82, 2.24) is 10.2 Å². The predicted octanol–water partition coefficient (Wildman–Crippen LogP) is 2.49. The van der Waals surface area contributed by atoms with Gasteiger partial charge in [0.15, 0.2) is 0 Å². The van der Waals surface area contributed by atoms with E-state index < -0.39 is 5.41 Å². The van der Waals surface area contributed by atoms with E-state index >= 15 is 0 Å². The van der Waals surface area contributed by atoms with Crippen LogP contribution in [0.1, 0.15) is 33.3 Å². The molecule has 0 unspecified atom stereocenters. The van der Waals surface area contributed by atoms with Crippen LogP contribution >= 0.6 is 0 Å². The van der Waals surface area contributed by atoms with Gasteiger partial charge in [-0.1, -0.05) is 25.1 Å². The van der Waals surface area contributed by atoms with E-state index in [0.29, 0.717) is 13.2 Å². The van der Waals surface area contributed by atoms with Crippen molar-refractivity contribution in [3.63, 3.8) is 0 Å². The second kappa shape index (κ2) is 8.68. The molecular formula is C20H32N2O3. The monoisotopic (exact) mass is 348 g/mol. The van der Waals surface area contributed by atoms with E-state index in [9.17, 15) is 4.79 Å². The topological polar surface area (TPSA) is 50.8 Å². The van der Waals surface area contributed by atoms with Gasteiger partial charge in [0.2, 0.25) is 5.91 Å². The van der Waals surface area contributed by atoms with Crippen molar-refractivity contribution in [3.05, 3.63) is 29.8 Å². The maximum absolute atomic E-state index is 12.8. The van der Waals surface area contributed by atoms with Gasteiger partial charge in [0, 0.05) is 19.7 Å². The first-order chi connectivity index (χ1) is 11.9. The molecule has 1 aromatic carbocycles. The highest BCUT2D eigenvalue weighted by Gasteiger charge is 2.37. The number of nitrogens with zero attached hydrogens (tertiary/aromatic N) is 1. The first-order valence-electron chi connectivity index (χ1n) is 9.19. The predicted molar refractivity (Wildman–Crippen MR) is 99.9 cm³/mol. The van der Waals surface area contributed by atoms with E-state index in [1.54, 1.807) is 0 Å². The summed E-state index contributed by atoms with van der Waals surface area (Å²) in [5, 5.41) is 3.16. The van der Waals surface area contributed by atoms with Gasteiger partial charge in [0.1, 0.15) is 12.4 Å². The van der Waals surface area contributed by atoms with Gasteiger partial charge in [0.05, 0.1) is 17.6 Å². The number of hydrogen-bond acceptors (Lipinski definition) is 4.